The van der Waals surface area contributed by atoms with Gasteiger partial charge in [-0.15, -0.1) is 0 Å². The molecular formula is C73H112INO15SSi3. The maximum Gasteiger partial charge on any atom is 0.261 e. The minimum atomic E-state index is -4.56. The number of imide groups is 1. The number of ether oxygens (including phenoxy) is 6. The molecule has 5 saturated heterocycles. The quantitative estimate of drug-likeness (QED) is 0.0270. The largest absolute Gasteiger partial charge is 0.412 e. The fourth-order valence-corrected chi connectivity index (χ4v) is 20.5. The molecule has 6 aliphatic rings. The fourth-order valence-electron chi connectivity index (χ4n) is 14.1. The second kappa shape index (κ2) is 30.5. The minimum absolute atomic E-state index is 0.0112. The fraction of sp³-hybridized carbons (Fsp3) is 0.699. The van der Waals surface area contributed by atoms with Gasteiger partial charge in [0.25, 0.3) is 11.8 Å². The number of halogens is 1. The van der Waals surface area contributed by atoms with E-state index in [0.717, 1.165) is 17.4 Å². The highest BCUT2D eigenvalue weighted by Gasteiger charge is 2.59. The first-order valence-corrected chi connectivity index (χ1v) is 45.9. The summed E-state index contributed by atoms with van der Waals surface area (Å²) in [6, 6.07) is 14.9. The number of benzene rings is 2. The predicted octanol–water partition coefficient (Wildman–Crippen LogP) is 15.2. The number of Topliss-reactive ketones (excluding diaryl/α,β-unsaturated/α-hetero) is 1. The molecule has 0 N–H and O–H groups in total. The van der Waals surface area contributed by atoms with Crippen molar-refractivity contribution < 1.29 is 69.3 Å². The number of sulfone groups is 1. The molecule has 16 nitrogen and oxygen atoms in total. The van der Waals surface area contributed by atoms with Gasteiger partial charge in [0.15, 0.2) is 40.6 Å². The number of ketones is 1. The minimum Gasteiger partial charge on any atom is -0.412 e. The average Bonchev–Trinajstić information content (AvgIpc) is 1.35. The standard InChI is InChI=1S/C73H112INO15SSi3/c1-45-39-50(32-34-57-46(2)40-49(83-57)27-26-38-76)84-60(47(45)3)43-61-63(66(82-14)62(86-61)42-52(88-92(15,16)71(5,6)7)44-75-69(78)54-30-24-25-31-55(54)70(75)79)68(91(80,81)53-28-22-21-23-29-53)56(77)41-51-33-35-58-64(85-51)48(4)65(90-94(19,20)73(11,12)13)67(87-58)59(36-37-74)89-93(17,18)72(8,9)10/h21-25,28-31,36-38,45,48-52,57-68H,2-3,26-27,32-35,39-44H2,1,4-20H3/b37-36+/t45-,48+,49+,50+,51?,52+,57?,58+,59+,60?,61+,62?,63+,64-,65+,66+,67?,68?/m1/s1. The molecule has 0 spiro atoms. The summed E-state index contributed by atoms with van der Waals surface area (Å²) in [4.78, 5) is 57.1. The highest BCUT2D eigenvalue weighted by Crippen LogP contribution is 2.49. The Morgan fingerprint density at radius 1 is 0.734 bits per heavy atom. The first-order valence-electron chi connectivity index (χ1n) is 34.4. The summed E-state index contributed by atoms with van der Waals surface area (Å²) in [5.74, 6) is -2.71. The normalized spacial score (nSPS) is 31.0. The Kier molecular flexibility index (Phi) is 25.0. The lowest BCUT2D eigenvalue weighted by Gasteiger charge is -2.54. The first-order chi connectivity index (χ1) is 43.7. The molecule has 8 rings (SSSR count). The second-order valence-corrected chi connectivity index (χ2v) is 49.4. The SMILES string of the molecule is C=C1C[C@H](CCC=O)OC1CC[C@H]1C[C@@H](C)C(=C)C(C[C@@H]2OC(C[C@@H](CN3C(=O)c4ccccc4C3=O)O[Si](C)(C)C(C)(C)C)[C@H](OC)[C@H]2C(C(=O)CC2CC[C@@H]3OC([C@H](/C=C/I)O[Si](C)(C)C(C)(C)C)[C@@H](O[Si](C)(C)C(C)(C)C)[C@@H](C)[C@H]3O2)S(=O)(=O)c2ccccc2)O1. The van der Waals surface area contributed by atoms with Crippen LogP contribution in [0.3, 0.4) is 0 Å². The van der Waals surface area contributed by atoms with Gasteiger partial charge in [0.1, 0.15) is 17.6 Å². The van der Waals surface area contributed by atoms with Crippen LogP contribution in [0.4, 0.5) is 0 Å². The van der Waals surface area contributed by atoms with Crippen LogP contribution in [0, 0.1) is 17.8 Å². The number of hydrogen-bond donors (Lipinski definition) is 0. The van der Waals surface area contributed by atoms with E-state index in [1.165, 1.54) is 24.1 Å². The van der Waals surface area contributed by atoms with Crippen LogP contribution in [0.2, 0.25) is 54.4 Å². The molecule has 6 unspecified atom stereocenters. The van der Waals surface area contributed by atoms with Gasteiger partial charge in [-0.25, -0.2) is 8.42 Å². The molecule has 94 heavy (non-hydrogen) atoms. The molecule has 0 aromatic heterocycles. The van der Waals surface area contributed by atoms with Gasteiger partial charge in [0.2, 0.25) is 0 Å². The third-order valence-corrected chi connectivity index (χ3v) is 38.8. The second-order valence-electron chi connectivity index (χ2n) is 32.4. The Balaban J connectivity index is 1.16. The highest BCUT2D eigenvalue weighted by atomic mass is 127. The molecule has 6 aliphatic heterocycles. The van der Waals surface area contributed by atoms with E-state index < -0.39 is 125 Å². The molecule has 0 bridgehead atoms. The van der Waals surface area contributed by atoms with Gasteiger partial charge >= 0.3 is 0 Å². The van der Waals surface area contributed by atoms with Gasteiger partial charge in [-0.3, -0.25) is 19.3 Å². The third kappa shape index (κ3) is 17.1. The van der Waals surface area contributed by atoms with Gasteiger partial charge in [-0.05, 0) is 151 Å². The summed E-state index contributed by atoms with van der Waals surface area (Å²) in [6.45, 7) is 46.1. The highest BCUT2D eigenvalue weighted by molar-refractivity contribution is 14.1. The number of rotatable bonds is 27. The van der Waals surface area contributed by atoms with Crippen molar-refractivity contribution in [3.63, 3.8) is 0 Å². The van der Waals surface area contributed by atoms with Crippen molar-refractivity contribution in [3.05, 3.63) is 100 Å². The van der Waals surface area contributed by atoms with Gasteiger partial charge in [-0.2, -0.15) is 0 Å². The summed E-state index contributed by atoms with van der Waals surface area (Å²) in [6.07, 6.45) is 0.175. The number of amides is 2. The van der Waals surface area contributed by atoms with E-state index in [9.17, 15) is 14.4 Å². The smallest absolute Gasteiger partial charge is 0.261 e. The Morgan fingerprint density at radius 2 is 1.33 bits per heavy atom. The van der Waals surface area contributed by atoms with E-state index in [0.29, 0.717) is 62.5 Å². The van der Waals surface area contributed by atoms with E-state index in [1.807, 2.05) is 4.08 Å². The average molecular weight is 1490 g/mol. The van der Waals surface area contributed by atoms with Crippen molar-refractivity contribution in [2.24, 2.45) is 17.8 Å². The van der Waals surface area contributed by atoms with Crippen molar-refractivity contribution in [1.82, 2.24) is 4.90 Å². The molecule has 21 heteroatoms. The first kappa shape index (κ1) is 76.9. The van der Waals surface area contributed by atoms with Crippen LogP contribution in [0.15, 0.2) is 94.0 Å². The van der Waals surface area contributed by atoms with E-state index in [2.05, 4.69) is 157 Å². The van der Waals surface area contributed by atoms with Crippen molar-refractivity contribution in [3.8, 4) is 0 Å². The number of nitrogens with zero attached hydrogens (tertiary/aromatic N) is 1. The lowest BCUT2D eigenvalue weighted by molar-refractivity contribution is -0.251. The van der Waals surface area contributed by atoms with Crippen LogP contribution < -0.4 is 0 Å². The number of carbonyl (C=O) groups excluding carboxylic acids is 4. The monoisotopic (exact) mass is 1490 g/mol. The lowest BCUT2D eigenvalue weighted by Crippen LogP contribution is -2.64. The Hall–Kier alpha value is -2.89. The van der Waals surface area contributed by atoms with Gasteiger partial charge in [0, 0.05) is 44.6 Å². The van der Waals surface area contributed by atoms with E-state index in [4.69, 9.17) is 41.7 Å². The zero-order valence-corrected chi connectivity index (χ0v) is 65.6. The topological polar surface area (TPSA) is 189 Å². The Morgan fingerprint density at radius 3 is 1.91 bits per heavy atom. The van der Waals surface area contributed by atoms with Crippen LogP contribution in [0.5, 0.6) is 0 Å². The van der Waals surface area contributed by atoms with E-state index >= 15 is 13.2 Å². The summed E-state index contributed by atoms with van der Waals surface area (Å²) in [5, 5.41) is -2.21. The van der Waals surface area contributed by atoms with Crippen molar-refractivity contribution in [1.29, 1.82) is 0 Å². The molecule has 5 fully saturated rings. The Bertz CT molecular complexity index is 3120. The summed E-state index contributed by atoms with van der Waals surface area (Å²) >= 11 is 2.26. The molecule has 18 atom stereocenters. The van der Waals surface area contributed by atoms with Gasteiger partial charge < -0.3 is 46.5 Å². The van der Waals surface area contributed by atoms with Crippen molar-refractivity contribution in [2.45, 2.75) is 297 Å². The van der Waals surface area contributed by atoms with Crippen LogP contribution in [-0.4, -0.2) is 167 Å². The predicted molar refractivity (Wildman–Crippen MR) is 385 cm³/mol. The van der Waals surface area contributed by atoms with E-state index in [1.54, 1.807) is 42.5 Å². The molecule has 0 saturated carbocycles. The van der Waals surface area contributed by atoms with Crippen LogP contribution in [0.25, 0.3) is 0 Å². The zero-order valence-electron chi connectivity index (χ0n) is 59.6. The van der Waals surface area contributed by atoms with Crippen molar-refractivity contribution >= 4 is 81.3 Å². The maximum atomic E-state index is 16.2. The van der Waals surface area contributed by atoms with Crippen LogP contribution in [-0.2, 0) is 61.1 Å². The molecule has 2 aromatic rings. The molecule has 2 amide bonds. The Labute approximate surface area is 579 Å². The number of hydrogen-bond acceptors (Lipinski definition) is 15. The number of carbonyl (C=O) groups is 4. The number of aldehydes is 1. The molecule has 2 aromatic carbocycles. The summed E-state index contributed by atoms with van der Waals surface area (Å²) < 4.78 is 98.1. The van der Waals surface area contributed by atoms with Gasteiger partial charge in [-0.1, -0.05) is 142 Å². The lowest BCUT2D eigenvalue weighted by atomic mass is 9.80. The van der Waals surface area contributed by atoms with Crippen molar-refractivity contribution in [2.75, 3.05) is 13.7 Å². The molecule has 0 aliphatic carbocycles. The zero-order chi connectivity index (χ0) is 69.4. The maximum absolute atomic E-state index is 16.2. The molecule has 524 valence electrons. The molecular weight excluding hydrogens is 1370 g/mol. The van der Waals surface area contributed by atoms with E-state index in [-0.39, 0.29) is 82.1 Å². The summed E-state index contributed by atoms with van der Waals surface area (Å²) in [5.41, 5.74) is 2.46. The number of methoxy groups -OCH3 is 1. The molecule has 0 radical (unpaired) electrons. The van der Waals surface area contributed by atoms with Crippen LogP contribution in [0.1, 0.15) is 168 Å². The summed E-state index contributed by atoms with van der Waals surface area (Å²) in [7, 11) is -10.5. The third-order valence-electron chi connectivity index (χ3n) is 22.7. The number of fused-ring (bicyclic) bond motifs is 2. The molecule has 6 heterocycles. The van der Waals surface area contributed by atoms with Crippen LogP contribution >= 0.6 is 22.6 Å². The van der Waals surface area contributed by atoms with Gasteiger partial charge in [0.05, 0.1) is 102 Å².